The number of halogens is 3. The largest absolute Gasteiger partial charge is 0.485 e. The monoisotopic (exact) mass is 492 g/mol. The Bertz CT molecular complexity index is 1220. The first kappa shape index (κ1) is 23.9. The molecule has 0 radical (unpaired) electrons. The number of aryl methyl sites for hydroxylation is 1. The molecule has 180 valence electrons. The van der Waals surface area contributed by atoms with Crippen molar-refractivity contribution in [3.63, 3.8) is 0 Å². The summed E-state index contributed by atoms with van der Waals surface area (Å²) in [7, 11) is 0. The van der Waals surface area contributed by atoms with E-state index < -0.39 is 18.8 Å². The summed E-state index contributed by atoms with van der Waals surface area (Å²) in [5.74, 6) is 1.50. The first-order valence-electron chi connectivity index (χ1n) is 10.5. The third-order valence-electron chi connectivity index (χ3n) is 5.40. The molecule has 1 aliphatic heterocycles. The Morgan fingerprint density at radius 2 is 1.97 bits per heavy atom. The van der Waals surface area contributed by atoms with Crippen molar-refractivity contribution in [2.45, 2.75) is 44.4 Å². The Balaban J connectivity index is 1.50. The SMILES string of the molecule is C=CCn1c(SCC(=O)c2cc(C)n(CC(F)(F)F)c2C)nnc1C1COc2ccccc2O1. The number of Topliss-reactive ketones (excluding diaryl/α,β-unsaturated/α-hetero) is 1. The lowest BCUT2D eigenvalue weighted by Crippen LogP contribution is -2.25. The Labute approximate surface area is 198 Å². The number of fused-ring (bicyclic) bond motifs is 1. The Morgan fingerprint density at radius 1 is 1.24 bits per heavy atom. The molecule has 1 aliphatic rings. The van der Waals surface area contributed by atoms with Gasteiger partial charge in [-0.1, -0.05) is 30.0 Å². The predicted molar refractivity (Wildman–Crippen MR) is 121 cm³/mol. The maximum atomic E-state index is 12.9. The van der Waals surface area contributed by atoms with Gasteiger partial charge < -0.3 is 14.0 Å². The van der Waals surface area contributed by atoms with Crippen LogP contribution in [0, 0.1) is 13.8 Å². The van der Waals surface area contributed by atoms with E-state index in [1.165, 1.54) is 13.0 Å². The second-order valence-electron chi connectivity index (χ2n) is 7.80. The molecule has 0 amide bonds. The molecular weight excluding hydrogens is 469 g/mol. The number of carbonyl (C=O) groups excluding carboxylic acids is 1. The molecule has 0 bridgehead atoms. The van der Waals surface area contributed by atoms with Gasteiger partial charge in [-0.25, -0.2) is 0 Å². The van der Waals surface area contributed by atoms with E-state index in [0.717, 1.165) is 16.3 Å². The van der Waals surface area contributed by atoms with Crippen molar-refractivity contribution in [3.05, 3.63) is 65.8 Å². The number of aromatic nitrogens is 4. The quantitative estimate of drug-likeness (QED) is 0.252. The lowest BCUT2D eigenvalue weighted by Gasteiger charge is -2.26. The normalized spacial score (nSPS) is 15.4. The molecule has 3 heterocycles. The number of allylic oxidation sites excluding steroid dienone is 1. The summed E-state index contributed by atoms with van der Waals surface area (Å²) in [6.45, 7) is 6.36. The molecule has 0 spiro atoms. The zero-order chi connectivity index (χ0) is 24.5. The van der Waals surface area contributed by atoms with Gasteiger partial charge in [-0.3, -0.25) is 9.36 Å². The van der Waals surface area contributed by atoms with E-state index in [1.54, 1.807) is 23.6 Å². The molecule has 0 fully saturated rings. The lowest BCUT2D eigenvalue weighted by molar-refractivity contribution is -0.141. The zero-order valence-corrected chi connectivity index (χ0v) is 19.4. The highest BCUT2D eigenvalue weighted by Gasteiger charge is 2.31. The third-order valence-corrected chi connectivity index (χ3v) is 6.36. The highest BCUT2D eigenvalue weighted by Crippen LogP contribution is 2.36. The molecule has 0 saturated heterocycles. The Kier molecular flexibility index (Phi) is 6.74. The van der Waals surface area contributed by atoms with E-state index in [0.29, 0.717) is 40.4 Å². The molecule has 4 rings (SSSR count). The van der Waals surface area contributed by atoms with E-state index in [4.69, 9.17) is 9.47 Å². The number of hydrogen-bond acceptors (Lipinski definition) is 6. The minimum absolute atomic E-state index is 0.00353. The van der Waals surface area contributed by atoms with Crippen LogP contribution in [0.3, 0.4) is 0 Å². The van der Waals surface area contributed by atoms with Crippen LogP contribution in [0.4, 0.5) is 13.2 Å². The van der Waals surface area contributed by atoms with Crippen molar-refractivity contribution in [2.75, 3.05) is 12.4 Å². The number of thioether (sulfide) groups is 1. The second kappa shape index (κ2) is 9.57. The van der Waals surface area contributed by atoms with Gasteiger partial charge in [0.25, 0.3) is 0 Å². The molecule has 3 aromatic rings. The second-order valence-corrected chi connectivity index (χ2v) is 8.74. The van der Waals surface area contributed by atoms with Crippen LogP contribution in [0.25, 0.3) is 0 Å². The molecule has 1 aromatic carbocycles. The number of ether oxygens (including phenoxy) is 2. The van der Waals surface area contributed by atoms with E-state index in [-0.39, 0.29) is 23.7 Å². The standard InChI is InChI=1S/C23H23F3N4O3S/c1-4-9-29-21(20-11-32-18-7-5-6-8-19(18)33-20)27-28-22(29)34-12-17(31)16-10-14(2)30(15(16)3)13-23(24,25)26/h4-8,10,20H,1,9,11-13H2,2-3H3. The number of para-hydroxylation sites is 2. The Hall–Kier alpha value is -3.21. The molecule has 0 aliphatic carbocycles. The molecular formula is C23H23F3N4O3S. The summed E-state index contributed by atoms with van der Waals surface area (Å²) in [6, 6.07) is 8.82. The highest BCUT2D eigenvalue weighted by atomic mass is 32.2. The topological polar surface area (TPSA) is 71.2 Å². The summed E-state index contributed by atoms with van der Waals surface area (Å²) < 4.78 is 53.3. The average Bonchev–Trinajstić information content (AvgIpc) is 3.32. The minimum atomic E-state index is -4.37. The van der Waals surface area contributed by atoms with Crippen LogP contribution in [0.5, 0.6) is 11.5 Å². The third kappa shape index (κ3) is 4.98. The van der Waals surface area contributed by atoms with Gasteiger partial charge in [0.2, 0.25) is 0 Å². The predicted octanol–water partition coefficient (Wildman–Crippen LogP) is 4.93. The van der Waals surface area contributed by atoms with Crippen LogP contribution in [-0.2, 0) is 13.1 Å². The zero-order valence-electron chi connectivity index (χ0n) is 18.6. The fraction of sp³-hybridized carbons (Fsp3) is 0.348. The van der Waals surface area contributed by atoms with E-state index >= 15 is 0 Å². The lowest BCUT2D eigenvalue weighted by atomic mass is 10.2. The van der Waals surface area contributed by atoms with Crippen LogP contribution in [0.2, 0.25) is 0 Å². The number of rotatable bonds is 8. The number of ketones is 1. The first-order valence-corrected chi connectivity index (χ1v) is 11.5. The number of benzene rings is 1. The van der Waals surface area contributed by atoms with Crippen molar-refractivity contribution in [2.24, 2.45) is 0 Å². The molecule has 1 unspecified atom stereocenters. The van der Waals surface area contributed by atoms with Gasteiger partial charge in [0.05, 0.1) is 5.75 Å². The highest BCUT2D eigenvalue weighted by molar-refractivity contribution is 7.99. The first-order chi connectivity index (χ1) is 16.2. The smallest absolute Gasteiger partial charge is 0.406 e. The van der Waals surface area contributed by atoms with Crippen molar-refractivity contribution in [1.29, 1.82) is 0 Å². The van der Waals surface area contributed by atoms with Crippen LogP contribution in [0.1, 0.15) is 33.7 Å². The van der Waals surface area contributed by atoms with Gasteiger partial charge in [0.1, 0.15) is 13.2 Å². The molecule has 2 aromatic heterocycles. The number of hydrogen-bond donors (Lipinski definition) is 0. The molecule has 11 heteroatoms. The van der Waals surface area contributed by atoms with Crippen LogP contribution in [-0.4, -0.2) is 43.7 Å². The molecule has 0 N–H and O–H groups in total. The van der Waals surface area contributed by atoms with Gasteiger partial charge >= 0.3 is 6.18 Å². The fourth-order valence-electron chi connectivity index (χ4n) is 3.81. The van der Waals surface area contributed by atoms with E-state index in [1.807, 2.05) is 18.2 Å². The number of alkyl halides is 3. The van der Waals surface area contributed by atoms with Crippen LogP contribution >= 0.6 is 11.8 Å². The van der Waals surface area contributed by atoms with Gasteiger partial charge in [0.15, 0.2) is 34.4 Å². The number of carbonyl (C=O) groups is 1. The van der Waals surface area contributed by atoms with Crippen molar-refractivity contribution >= 4 is 17.5 Å². The number of nitrogens with zero attached hydrogens (tertiary/aromatic N) is 4. The van der Waals surface area contributed by atoms with Gasteiger partial charge in [-0.05, 0) is 32.0 Å². The van der Waals surface area contributed by atoms with Gasteiger partial charge in [0, 0.05) is 23.5 Å². The van der Waals surface area contributed by atoms with Gasteiger partial charge in [-0.2, -0.15) is 13.2 Å². The van der Waals surface area contributed by atoms with Crippen LogP contribution in [0.15, 0.2) is 48.1 Å². The van der Waals surface area contributed by atoms with E-state index in [2.05, 4.69) is 16.8 Å². The van der Waals surface area contributed by atoms with Crippen molar-refractivity contribution in [1.82, 2.24) is 19.3 Å². The minimum Gasteiger partial charge on any atom is -0.485 e. The van der Waals surface area contributed by atoms with Gasteiger partial charge in [-0.15, -0.1) is 16.8 Å². The fourth-order valence-corrected chi connectivity index (χ4v) is 4.64. The molecule has 1 atom stereocenters. The molecule has 7 nitrogen and oxygen atoms in total. The van der Waals surface area contributed by atoms with Crippen molar-refractivity contribution < 1.29 is 27.4 Å². The Morgan fingerprint density at radius 3 is 2.68 bits per heavy atom. The maximum absolute atomic E-state index is 12.9. The van der Waals surface area contributed by atoms with Crippen molar-refractivity contribution in [3.8, 4) is 11.5 Å². The summed E-state index contributed by atoms with van der Waals surface area (Å²) in [6.07, 6.45) is -3.18. The van der Waals surface area contributed by atoms with E-state index in [9.17, 15) is 18.0 Å². The summed E-state index contributed by atoms with van der Waals surface area (Å²) in [5, 5.41) is 8.95. The van der Waals surface area contributed by atoms with Crippen LogP contribution < -0.4 is 9.47 Å². The molecule has 0 saturated carbocycles. The molecule has 34 heavy (non-hydrogen) atoms. The summed E-state index contributed by atoms with van der Waals surface area (Å²) in [5.41, 5.74) is 0.944. The summed E-state index contributed by atoms with van der Waals surface area (Å²) in [4.78, 5) is 12.8. The average molecular weight is 493 g/mol. The summed E-state index contributed by atoms with van der Waals surface area (Å²) >= 11 is 1.16. The maximum Gasteiger partial charge on any atom is 0.406 e.